The average molecular weight is 301 g/mol. The fourth-order valence-corrected chi connectivity index (χ4v) is 2.62. The van der Waals surface area contributed by atoms with Gasteiger partial charge in [0, 0.05) is 17.9 Å². The normalized spacial score (nSPS) is 10.3. The van der Waals surface area contributed by atoms with E-state index in [1.807, 2.05) is 54.6 Å². The first kappa shape index (κ1) is 15.4. The monoisotopic (exact) mass is 301 g/mol. The van der Waals surface area contributed by atoms with Crippen LogP contribution in [0, 0.1) is 0 Å². The number of hydrogen-bond donors (Lipinski definition) is 1. The maximum atomic E-state index is 11.6. The van der Waals surface area contributed by atoms with Crippen LogP contribution in [0.4, 0.5) is 5.69 Å². The maximum absolute atomic E-state index is 11.6. The van der Waals surface area contributed by atoms with E-state index in [1.165, 1.54) is 5.56 Å². The molecular weight excluding hydrogens is 282 g/mol. The van der Waals surface area contributed by atoms with Gasteiger partial charge in [-0.25, -0.2) is 0 Å². The SMILES string of the molecule is Nc1ccc(CSCC(=O)OCCc2ccccc2)cc1. The Morgan fingerprint density at radius 1 is 1.00 bits per heavy atom. The molecule has 0 unspecified atom stereocenters. The zero-order chi connectivity index (χ0) is 14.9. The Hall–Kier alpha value is -1.94. The highest BCUT2D eigenvalue weighted by Gasteiger charge is 2.03. The molecule has 0 aliphatic carbocycles. The van der Waals surface area contributed by atoms with Crippen LogP contribution in [0.15, 0.2) is 54.6 Å². The van der Waals surface area contributed by atoms with Crippen molar-refractivity contribution in [2.75, 3.05) is 18.1 Å². The smallest absolute Gasteiger partial charge is 0.315 e. The van der Waals surface area contributed by atoms with Crippen molar-refractivity contribution in [2.24, 2.45) is 0 Å². The molecule has 0 bridgehead atoms. The second kappa shape index (κ2) is 8.37. The number of rotatable bonds is 7. The lowest BCUT2D eigenvalue weighted by Crippen LogP contribution is -2.10. The molecule has 0 heterocycles. The lowest BCUT2D eigenvalue weighted by molar-refractivity contribution is -0.140. The molecule has 0 atom stereocenters. The van der Waals surface area contributed by atoms with Crippen LogP contribution in [0.25, 0.3) is 0 Å². The number of nitrogens with two attached hydrogens (primary N) is 1. The number of carbonyl (C=O) groups is 1. The van der Waals surface area contributed by atoms with Crippen LogP contribution in [0.2, 0.25) is 0 Å². The molecule has 2 aromatic carbocycles. The second-order valence-electron chi connectivity index (χ2n) is 4.69. The van der Waals surface area contributed by atoms with Crippen molar-refractivity contribution in [3.63, 3.8) is 0 Å². The summed E-state index contributed by atoms with van der Waals surface area (Å²) in [6.07, 6.45) is 0.759. The number of hydrogen-bond acceptors (Lipinski definition) is 4. The average Bonchev–Trinajstić information content (AvgIpc) is 2.50. The third-order valence-electron chi connectivity index (χ3n) is 2.96. The van der Waals surface area contributed by atoms with Gasteiger partial charge in [-0.15, -0.1) is 11.8 Å². The molecule has 2 N–H and O–H groups in total. The van der Waals surface area contributed by atoms with Gasteiger partial charge < -0.3 is 10.5 Å². The van der Waals surface area contributed by atoms with E-state index >= 15 is 0 Å². The number of thioether (sulfide) groups is 1. The first-order valence-corrected chi connectivity index (χ1v) is 8.01. The minimum absolute atomic E-state index is 0.161. The first-order valence-electron chi connectivity index (χ1n) is 6.86. The molecule has 0 fully saturated rings. The summed E-state index contributed by atoms with van der Waals surface area (Å²) in [6, 6.07) is 17.7. The maximum Gasteiger partial charge on any atom is 0.315 e. The Bertz CT molecular complexity index is 555. The Morgan fingerprint density at radius 3 is 2.43 bits per heavy atom. The van der Waals surface area contributed by atoms with Crippen LogP contribution in [-0.2, 0) is 21.7 Å². The van der Waals surface area contributed by atoms with Crippen molar-refractivity contribution < 1.29 is 9.53 Å². The van der Waals surface area contributed by atoms with Gasteiger partial charge in [0.15, 0.2) is 0 Å². The van der Waals surface area contributed by atoms with Gasteiger partial charge in [-0.1, -0.05) is 42.5 Å². The lowest BCUT2D eigenvalue weighted by atomic mass is 10.2. The largest absolute Gasteiger partial charge is 0.465 e. The van der Waals surface area contributed by atoms with E-state index in [-0.39, 0.29) is 5.97 Å². The van der Waals surface area contributed by atoms with E-state index in [1.54, 1.807) is 11.8 Å². The van der Waals surface area contributed by atoms with Crippen LogP contribution >= 0.6 is 11.8 Å². The minimum atomic E-state index is -0.161. The van der Waals surface area contributed by atoms with Crippen molar-refractivity contribution in [1.82, 2.24) is 0 Å². The highest BCUT2D eigenvalue weighted by atomic mass is 32.2. The van der Waals surface area contributed by atoms with Gasteiger partial charge in [0.25, 0.3) is 0 Å². The summed E-state index contributed by atoms with van der Waals surface area (Å²) in [5.41, 5.74) is 8.72. The van der Waals surface area contributed by atoms with E-state index in [9.17, 15) is 4.79 Å². The van der Waals surface area contributed by atoms with Gasteiger partial charge in [0.1, 0.15) is 0 Å². The second-order valence-corrected chi connectivity index (χ2v) is 5.68. The van der Waals surface area contributed by atoms with E-state index < -0.39 is 0 Å². The third-order valence-corrected chi connectivity index (χ3v) is 3.94. The summed E-state index contributed by atoms with van der Waals surface area (Å²) in [7, 11) is 0. The summed E-state index contributed by atoms with van der Waals surface area (Å²) < 4.78 is 5.22. The predicted molar refractivity (Wildman–Crippen MR) is 88.1 cm³/mol. The van der Waals surface area contributed by atoms with Gasteiger partial charge in [-0.3, -0.25) is 4.79 Å². The van der Waals surface area contributed by atoms with Gasteiger partial charge in [0.2, 0.25) is 0 Å². The highest BCUT2D eigenvalue weighted by Crippen LogP contribution is 2.14. The molecule has 110 valence electrons. The molecule has 2 rings (SSSR count). The van der Waals surface area contributed by atoms with Crippen molar-refractivity contribution >= 4 is 23.4 Å². The van der Waals surface area contributed by atoms with Crippen molar-refractivity contribution in [1.29, 1.82) is 0 Å². The van der Waals surface area contributed by atoms with Crippen LogP contribution in [0.1, 0.15) is 11.1 Å². The zero-order valence-electron chi connectivity index (χ0n) is 11.8. The Kier molecular flexibility index (Phi) is 6.16. The molecule has 3 nitrogen and oxygen atoms in total. The number of carbonyl (C=O) groups excluding carboxylic acids is 1. The highest BCUT2D eigenvalue weighted by molar-refractivity contribution is 7.99. The molecule has 0 amide bonds. The lowest BCUT2D eigenvalue weighted by Gasteiger charge is -2.05. The Labute approximate surface area is 129 Å². The summed E-state index contributed by atoms with van der Waals surface area (Å²) >= 11 is 1.55. The van der Waals surface area contributed by atoms with Gasteiger partial charge in [-0.05, 0) is 23.3 Å². The summed E-state index contributed by atoms with van der Waals surface area (Å²) in [4.78, 5) is 11.6. The number of benzene rings is 2. The van der Waals surface area contributed by atoms with Crippen molar-refractivity contribution in [3.05, 3.63) is 65.7 Å². The molecule has 0 radical (unpaired) electrons. The van der Waals surface area contributed by atoms with Crippen molar-refractivity contribution in [3.8, 4) is 0 Å². The molecule has 0 saturated carbocycles. The molecule has 0 spiro atoms. The zero-order valence-corrected chi connectivity index (χ0v) is 12.6. The molecule has 0 aromatic heterocycles. The van der Waals surface area contributed by atoms with E-state index in [4.69, 9.17) is 10.5 Å². The fourth-order valence-electron chi connectivity index (χ4n) is 1.84. The van der Waals surface area contributed by atoms with Crippen LogP contribution in [-0.4, -0.2) is 18.3 Å². The number of esters is 1. The Balaban J connectivity index is 1.60. The molecule has 4 heteroatoms. The quantitative estimate of drug-likeness (QED) is 0.630. The predicted octanol–water partition coefficient (Wildman–Crippen LogP) is 3.29. The van der Waals surface area contributed by atoms with Gasteiger partial charge in [0.05, 0.1) is 12.4 Å². The number of nitrogen functional groups attached to an aromatic ring is 1. The summed E-state index contributed by atoms with van der Waals surface area (Å²) in [5.74, 6) is 0.999. The molecule has 2 aromatic rings. The van der Waals surface area contributed by atoms with Gasteiger partial charge in [-0.2, -0.15) is 0 Å². The fraction of sp³-hybridized carbons (Fsp3) is 0.235. The number of ether oxygens (including phenoxy) is 1. The molecule has 0 saturated heterocycles. The van der Waals surface area contributed by atoms with Crippen LogP contribution in [0.5, 0.6) is 0 Å². The number of anilines is 1. The van der Waals surface area contributed by atoms with Crippen LogP contribution in [0.3, 0.4) is 0 Å². The summed E-state index contributed by atoms with van der Waals surface area (Å²) in [5, 5.41) is 0. The van der Waals surface area contributed by atoms with Crippen molar-refractivity contribution in [2.45, 2.75) is 12.2 Å². The first-order chi connectivity index (χ1) is 10.2. The van der Waals surface area contributed by atoms with Gasteiger partial charge >= 0.3 is 5.97 Å². The molecular formula is C17H19NO2S. The van der Waals surface area contributed by atoms with E-state index in [0.29, 0.717) is 12.4 Å². The van der Waals surface area contributed by atoms with E-state index in [2.05, 4.69) is 0 Å². The van der Waals surface area contributed by atoms with Crippen LogP contribution < -0.4 is 5.73 Å². The minimum Gasteiger partial charge on any atom is -0.465 e. The van der Waals surface area contributed by atoms with E-state index in [0.717, 1.165) is 23.4 Å². The third kappa shape index (κ3) is 5.92. The molecule has 0 aliphatic rings. The summed E-state index contributed by atoms with van der Waals surface area (Å²) in [6.45, 7) is 0.436. The Morgan fingerprint density at radius 2 is 1.71 bits per heavy atom. The topological polar surface area (TPSA) is 52.3 Å². The molecule has 0 aliphatic heterocycles. The molecule has 21 heavy (non-hydrogen) atoms. The standard InChI is InChI=1S/C17H19NO2S/c18-16-8-6-15(7-9-16)12-21-13-17(19)20-11-10-14-4-2-1-3-5-14/h1-9H,10-13,18H2.